The Hall–Kier alpha value is -3.58. The van der Waals surface area contributed by atoms with Gasteiger partial charge in [-0.25, -0.2) is 4.79 Å². The van der Waals surface area contributed by atoms with E-state index in [2.05, 4.69) is 0 Å². The van der Waals surface area contributed by atoms with Gasteiger partial charge in [0.2, 0.25) is 6.10 Å². The number of hydrogen-bond donors (Lipinski definition) is 0. The Balaban J connectivity index is 1.78. The van der Waals surface area contributed by atoms with Crippen LogP contribution in [0.1, 0.15) is 27.6 Å². The maximum Gasteiger partial charge on any atom is 0.340 e. The highest BCUT2D eigenvalue weighted by atomic mass is 16.5. The maximum absolute atomic E-state index is 12.4. The molecule has 1 unspecified atom stereocenters. The van der Waals surface area contributed by atoms with Crippen molar-refractivity contribution in [2.75, 3.05) is 0 Å². The highest BCUT2D eigenvalue weighted by molar-refractivity contribution is 5.91. The lowest BCUT2D eigenvalue weighted by Crippen LogP contribution is -2.11. The molecule has 0 bridgehead atoms. The van der Waals surface area contributed by atoms with Crippen LogP contribution in [0.2, 0.25) is 0 Å². The van der Waals surface area contributed by atoms with Crippen molar-refractivity contribution < 1.29 is 14.3 Å². The van der Waals surface area contributed by atoms with Gasteiger partial charge in [-0.2, -0.15) is 5.26 Å². The van der Waals surface area contributed by atoms with Crippen molar-refractivity contribution in [3.8, 4) is 17.6 Å². The number of ether oxygens (including phenoxy) is 2. The summed E-state index contributed by atoms with van der Waals surface area (Å²) < 4.78 is 11.2. The number of nitrogens with zero attached hydrogens (tertiary/aromatic N) is 1. The van der Waals surface area contributed by atoms with Gasteiger partial charge in [0.05, 0.1) is 5.56 Å². The van der Waals surface area contributed by atoms with Crippen molar-refractivity contribution in [1.29, 1.82) is 5.26 Å². The largest absolute Gasteiger partial charge is 0.457 e. The van der Waals surface area contributed by atoms with Gasteiger partial charge >= 0.3 is 5.97 Å². The molecule has 0 amide bonds. The second-order valence-electron chi connectivity index (χ2n) is 5.72. The van der Waals surface area contributed by atoms with Gasteiger partial charge in [0.1, 0.15) is 17.6 Å². The summed E-state index contributed by atoms with van der Waals surface area (Å²) in [7, 11) is 0. The summed E-state index contributed by atoms with van der Waals surface area (Å²) in [5, 5.41) is 9.46. The normalized spacial score (nSPS) is 11.2. The fraction of sp³-hybridized carbons (Fsp3) is 0.0909. The predicted molar refractivity (Wildman–Crippen MR) is 97.9 cm³/mol. The molecule has 0 aliphatic carbocycles. The van der Waals surface area contributed by atoms with Gasteiger partial charge in [0.25, 0.3) is 0 Å². The van der Waals surface area contributed by atoms with E-state index in [1.807, 2.05) is 55.5 Å². The van der Waals surface area contributed by atoms with Gasteiger partial charge in [0.15, 0.2) is 0 Å². The molecule has 0 saturated carbocycles. The molecule has 0 fully saturated rings. The van der Waals surface area contributed by atoms with E-state index in [1.165, 1.54) is 0 Å². The molecule has 0 spiro atoms. The van der Waals surface area contributed by atoms with Crippen molar-refractivity contribution in [2.24, 2.45) is 0 Å². The molecule has 128 valence electrons. The van der Waals surface area contributed by atoms with Crippen molar-refractivity contribution in [3.63, 3.8) is 0 Å². The first-order chi connectivity index (χ1) is 12.7. The van der Waals surface area contributed by atoms with Crippen LogP contribution in [0.4, 0.5) is 0 Å². The predicted octanol–water partition coefficient (Wildman–Crippen LogP) is 5.21. The van der Waals surface area contributed by atoms with E-state index in [1.54, 1.807) is 36.4 Å². The standard InChI is InChI=1S/C22H17NO3/c1-16-8-5-6-13-20(16)22(24)26-21(15-23)17-9-7-12-19(14-17)25-18-10-3-2-4-11-18/h2-14,21H,1H3. The van der Waals surface area contributed by atoms with Crippen LogP contribution in [0.3, 0.4) is 0 Å². The van der Waals surface area contributed by atoms with Crippen molar-refractivity contribution in [2.45, 2.75) is 13.0 Å². The molecule has 4 heteroatoms. The quantitative estimate of drug-likeness (QED) is 0.597. The summed E-state index contributed by atoms with van der Waals surface area (Å²) in [6.07, 6.45) is -1.01. The average molecular weight is 343 g/mol. The van der Waals surface area contributed by atoms with Gasteiger partial charge in [-0.3, -0.25) is 0 Å². The molecule has 3 aromatic carbocycles. The van der Waals surface area contributed by atoms with Crippen molar-refractivity contribution in [3.05, 3.63) is 95.6 Å². The fourth-order valence-electron chi connectivity index (χ4n) is 2.51. The molecular weight excluding hydrogens is 326 g/mol. The van der Waals surface area contributed by atoms with Gasteiger partial charge < -0.3 is 9.47 Å². The minimum Gasteiger partial charge on any atom is -0.457 e. The lowest BCUT2D eigenvalue weighted by Gasteiger charge is -2.14. The number of para-hydroxylation sites is 1. The zero-order chi connectivity index (χ0) is 18.4. The second kappa shape index (κ2) is 8.00. The zero-order valence-corrected chi connectivity index (χ0v) is 14.3. The summed E-state index contributed by atoms with van der Waals surface area (Å²) in [4.78, 5) is 12.4. The smallest absolute Gasteiger partial charge is 0.340 e. The van der Waals surface area contributed by atoms with E-state index >= 15 is 0 Å². The van der Waals surface area contributed by atoms with Crippen LogP contribution in [-0.4, -0.2) is 5.97 Å². The van der Waals surface area contributed by atoms with Crippen LogP contribution < -0.4 is 4.74 Å². The van der Waals surface area contributed by atoms with Crippen LogP contribution in [0.5, 0.6) is 11.5 Å². The monoisotopic (exact) mass is 343 g/mol. The fourth-order valence-corrected chi connectivity index (χ4v) is 2.51. The third-order valence-corrected chi connectivity index (χ3v) is 3.85. The Morgan fingerprint density at radius 2 is 1.62 bits per heavy atom. The Kier molecular flexibility index (Phi) is 5.31. The first-order valence-corrected chi connectivity index (χ1v) is 8.16. The van der Waals surface area contributed by atoms with Crippen LogP contribution in [0, 0.1) is 18.3 Å². The molecule has 0 aromatic heterocycles. The summed E-state index contributed by atoms with van der Waals surface area (Å²) in [5.74, 6) is 0.736. The Labute approximate surface area is 152 Å². The molecule has 4 nitrogen and oxygen atoms in total. The first kappa shape index (κ1) is 17.2. The summed E-state index contributed by atoms with van der Waals surface area (Å²) in [6.45, 7) is 1.83. The molecule has 0 radical (unpaired) electrons. The molecule has 3 aromatic rings. The highest BCUT2D eigenvalue weighted by Gasteiger charge is 2.19. The van der Waals surface area contributed by atoms with E-state index in [9.17, 15) is 10.1 Å². The Bertz CT molecular complexity index is 945. The summed E-state index contributed by atoms with van der Waals surface area (Å²) >= 11 is 0. The molecule has 26 heavy (non-hydrogen) atoms. The summed E-state index contributed by atoms with van der Waals surface area (Å²) in [5.41, 5.74) is 1.81. The van der Waals surface area contributed by atoms with E-state index in [0.29, 0.717) is 22.6 Å². The number of aryl methyl sites for hydroxylation is 1. The Morgan fingerprint density at radius 3 is 2.35 bits per heavy atom. The number of esters is 1. The lowest BCUT2D eigenvalue weighted by molar-refractivity contribution is 0.0403. The summed E-state index contributed by atoms with van der Waals surface area (Å²) in [6, 6.07) is 25.5. The lowest BCUT2D eigenvalue weighted by atomic mass is 10.1. The number of carbonyl (C=O) groups excluding carboxylic acids is 1. The zero-order valence-electron chi connectivity index (χ0n) is 14.3. The number of carbonyl (C=O) groups is 1. The first-order valence-electron chi connectivity index (χ1n) is 8.16. The minimum atomic E-state index is -1.01. The Morgan fingerprint density at radius 1 is 0.923 bits per heavy atom. The third-order valence-electron chi connectivity index (χ3n) is 3.85. The average Bonchev–Trinajstić information content (AvgIpc) is 2.67. The highest BCUT2D eigenvalue weighted by Crippen LogP contribution is 2.26. The van der Waals surface area contributed by atoms with Gasteiger partial charge in [-0.15, -0.1) is 0 Å². The van der Waals surface area contributed by atoms with Crippen molar-refractivity contribution in [1.82, 2.24) is 0 Å². The van der Waals surface area contributed by atoms with E-state index in [0.717, 1.165) is 5.56 Å². The molecule has 0 aliphatic rings. The number of nitriles is 1. The third kappa shape index (κ3) is 4.08. The molecule has 0 saturated heterocycles. The second-order valence-corrected chi connectivity index (χ2v) is 5.72. The SMILES string of the molecule is Cc1ccccc1C(=O)OC(C#N)c1cccc(Oc2ccccc2)c1. The number of benzene rings is 3. The van der Waals surface area contributed by atoms with Gasteiger partial charge in [-0.1, -0.05) is 48.5 Å². The molecular formula is C22H17NO3. The molecule has 0 heterocycles. The molecule has 3 rings (SSSR count). The molecule has 0 aliphatic heterocycles. The van der Waals surface area contributed by atoms with E-state index in [4.69, 9.17) is 9.47 Å². The van der Waals surface area contributed by atoms with Crippen molar-refractivity contribution >= 4 is 5.97 Å². The van der Waals surface area contributed by atoms with Crippen LogP contribution >= 0.6 is 0 Å². The van der Waals surface area contributed by atoms with E-state index < -0.39 is 12.1 Å². The van der Waals surface area contributed by atoms with Crippen LogP contribution in [0.15, 0.2) is 78.9 Å². The van der Waals surface area contributed by atoms with E-state index in [-0.39, 0.29) is 0 Å². The van der Waals surface area contributed by atoms with Gasteiger partial charge in [-0.05, 0) is 42.8 Å². The van der Waals surface area contributed by atoms with Crippen LogP contribution in [-0.2, 0) is 4.74 Å². The topological polar surface area (TPSA) is 59.3 Å². The molecule has 0 N–H and O–H groups in total. The molecule has 1 atom stereocenters. The van der Waals surface area contributed by atoms with Crippen LogP contribution in [0.25, 0.3) is 0 Å². The number of hydrogen-bond acceptors (Lipinski definition) is 4. The maximum atomic E-state index is 12.4. The number of rotatable bonds is 5. The van der Waals surface area contributed by atoms with Gasteiger partial charge in [0, 0.05) is 5.56 Å². The minimum absolute atomic E-state index is 0.449.